The van der Waals surface area contributed by atoms with Gasteiger partial charge in [0.2, 0.25) is 0 Å². The summed E-state index contributed by atoms with van der Waals surface area (Å²) in [6.07, 6.45) is 1.25. The minimum absolute atomic E-state index is 0.155. The van der Waals surface area contributed by atoms with E-state index in [4.69, 9.17) is 0 Å². The second-order valence-electron chi connectivity index (χ2n) is 4.87. The highest BCUT2D eigenvalue weighted by atomic mass is 32.2. The smallest absolute Gasteiger partial charge is 0.159 e. The molecule has 0 radical (unpaired) electrons. The predicted molar refractivity (Wildman–Crippen MR) is 68.8 cm³/mol. The normalized spacial score (nSPS) is 12.5. The van der Waals surface area contributed by atoms with Gasteiger partial charge in [0.25, 0.3) is 0 Å². The Morgan fingerprint density at radius 2 is 1.88 bits per heavy atom. The van der Waals surface area contributed by atoms with Crippen LogP contribution in [0, 0.1) is 6.92 Å². The lowest BCUT2D eigenvalue weighted by atomic mass is 9.99. The van der Waals surface area contributed by atoms with Gasteiger partial charge < -0.3 is 0 Å². The van der Waals surface area contributed by atoms with Gasteiger partial charge in [-0.3, -0.25) is 4.79 Å². The number of hydrogen-bond acceptors (Lipinski definition) is 3. The Morgan fingerprint density at radius 3 is 2.35 bits per heavy atom. The lowest BCUT2D eigenvalue weighted by Gasteiger charge is -2.20. The zero-order chi connectivity index (χ0) is 13.3. The molecular formula is C13H18O3S. The molecule has 0 atom stereocenters. The number of rotatable bonds is 4. The van der Waals surface area contributed by atoms with Crippen molar-refractivity contribution in [2.75, 3.05) is 6.26 Å². The molecule has 0 fully saturated rings. The van der Waals surface area contributed by atoms with Crippen LogP contribution in [0.2, 0.25) is 0 Å². The van der Waals surface area contributed by atoms with Crippen molar-refractivity contribution in [3.8, 4) is 0 Å². The molecule has 17 heavy (non-hydrogen) atoms. The van der Waals surface area contributed by atoms with Crippen LogP contribution in [0.1, 0.15) is 25.0 Å². The highest BCUT2D eigenvalue weighted by molar-refractivity contribution is 7.92. The highest BCUT2D eigenvalue weighted by Gasteiger charge is 2.37. The maximum absolute atomic E-state index is 12.0. The maximum Gasteiger partial charge on any atom is 0.159 e. The Hall–Kier alpha value is -1.16. The summed E-state index contributed by atoms with van der Waals surface area (Å²) in [7, 11) is -3.38. The Kier molecular flexibility index (Phi) is 3.77. The number of carbonyl (C=O) groups excluding carboxylic acids is 1. The summed E-state index contributed by atoms with van der Waals surface area (Å²) in [6, 6.07) is 7.54. The third-order valence-electron chi connectivity index (χ3n) is 3.05. The van der Waals surface area contributed by atoms with Crippen molar-refractivity contribution in [3.63, 3.8) is 0 Å². The van der Waals surface area contributed by atoms with Crippen LogP contribution < -0.4 is 0 Å². The van der Waals surface area contributed by atoms with Gasteiger partial charge in [-0.1, -0.05) is 29.8 Å². The van der Waals surface area contributed by atoms with Gasteiger partial charge in [-0.05, 0) is 26.3 Å². The monoisotopic (exact) mass is 254 g/mol. The van der Waals surface area contributed by atoms with Crippen molar-refractivity contribution in [1.29, 1.82) is 0 Å². The van der Waals surface area contributed by atoms with E-state index in [1.54, 1.807) is 0 Å². The summed E-state index contributed by atoms with van der Waals surface area (Å²) in [5.41, 5.74) is 1.92. The Morgan fingerprint density at radius 1 is 1.29 bits per heavy atom. The number of hydrogen-bond donors (Lipinski definition) is 0. The zero-order valence-electron chi connectivity index (χ0n) is 10.6. The molecule has 0 bridgehead atoms. The van der Waals surface area contributed by atoms with Crippen LogP contribution >= 0.6 is 0 Å². The molecule has 0 spiro atoms. The van der Waals surface area contributed by atoms with E-state index in [1.165, 1.54) is 13.8 Å². The van der Waals surface area contributed by atoms with Gasteiger partial charge in [0.15, 0.2) is 15.6 Å². The fourth-order valence-corrected chi connectivity index (χ4v) is 1.91. The van der Waals surface area contributed by atoms with E-state index in [0.717, 1.165) is 17.4 Å². The molecule has 0 aliphatic heterocycles. The molecule has 0 aromatic heterocycles. The topological polar surface area (TPSA) is 51.2 Å². The molecule has 1 rings (SSSR count). The van der Waals surface area contributed by atoms with Crippen LogP contribution in [0.25, 0.3) is 0 Å². The van der Waals surface area contributed by atoms with Crippen LogP contribution in [0.5, 0.6) is 0 Å². The van der Waals surface area contributed by atoms with Crippen molar-refractivity contribution in [1.82, 2.24) is 0 Å². The van der Waals surface area contributed by atoms with Crippen molar-refractivity contribution in [2.24, 2.45) is 0 Å². The number of carbonyl (C=O) groups is 1. The number of ketones is 1. The first-order valence-corrected chi connectivity index (χ1v) is 7.32. The van der Waals surface area contributed by atoms with Crippen LogP contribution in [0.4, 0.5) is 0 Å². The average Bonchev–Trinajstić information content (AvgIpc) is 2.15. The minimum Gasteiger partial charge on any atom is -0.298 e. The number of benzene rings is 1. The van der Waals surface area contributed by atoms with Crippen molar-refractivity contribution >= 4 is 15.6 Å². The highest BCUT2D eigenvalue weighted by Crippen LogP contribution is 2.19. The van der Waals surface area contributed by atoms with Gasteiger partial charge >= 0.3 is 0 Å². The van der Waals surface area contributed by atoms with Crippen molar-refractivity contribution in [2.45, 2.75) is 31.9 Å². The van der Waals surface area contributed by atoms with Gasteiger partial charge in [0, 0.05) is 12.7 Å². The van der Waals surface area contributed by atoms with Crippen LogP contribution in [0.15, 0.2) is 24.3 Å². The molecule has 0 saturated carbocycles. The van der Waals surface area contributed by atoms with Gasteiger partial charge in [-0.15, -0.1) is 0 Å². The first-order valence-electron chi connectivity index (χ1n) is 5.43. The SMILES string of the molecule is Cc1cccc(CC(=O)C(C)(C)S(C)(=O)=O)c1. The van der Waals surface area contributed by atoms with Crippen molar-refractivity contribution in [3.05, 3.63) is 35.4 Å². The van der Waals surface area contributed by atoms with E-state index >= 15 is 0 Å². The van der Waals surface area contributed by atoms with E-state index < -0.39 is 14.6 Å². The summed E-state index contributed by atoms with van der Waals surface area (Å²) < 4.78 is 21.7. The third kappa shape index (κ3) is 3.16. The molecule has 0 saturated heterocycles. The summed E-state index contributed by atoms with van der Waals surface area (Å²) in [5.74, 6) is -0.273. The second-order valence-corrected chi connectivity index (χ2v) is 7.44. The van der Waals surface area contributed by atoms with Gasteiger partial charge in [0.1, 0.15) is 4.75 Å². The van der Waals surface area contributed by atoms with E-state index in [9.17, 15) is 13.2 Å². The Balaban J connectivity index is 2.95. The molecule has 0 aliphatic carbocycles. The molecule has 0 amide bonds. The summed E-state index contributed by atoms with van der Waals surface area (Å²) in [5, 5.41) is 0. The fraction of sp³-hybridized carbons (Fsp3) is 0.462. The van der Waals surface area contributed by atoms with E-state index in [0.29, 0.717) is 0 Å². The van der Waals surface area contributed by atoms with Crippen LogP contribution in [-0.2, 0) is 21.1 Å². The minimum atomic E-state index is -3.38. The quantitative estimate of drug-likeness (QED) is 0.825. The maximum atomic E-state index is 12.0. The molecule has 0 unspecified atom stereocenters. The first-order chi connectivity index (χ1) is 7.64. The van der Waals surface area contributed by atoms with Gasteiger partial charge in [-0.25, -0.2) is 8.42 Å². The molecule has 0 N–H and O–H groups in total. The zero-order valence-corrected chi connectivity index (χ0v) is 11.5. The van der Waals surface area contributed by atoms with Gasteiger partial charge in [0.05, 0.1) is 0 Å². The molecular weight excluding hydrogens is 236 g/mol. The summed E-state index contributed by atoms with van der Waals surface area (Å²) in [6.45, 7) is 4.86. The van der Waals surface area contributed by atoms with E-state index in [-0.39, 0.29) is 12.2 Å². The predicted octanol–water partition coefficient (Wildman–Crippen LogP) is 1.93. The standard InChI is InChI=1S/C13H18O3S/c1-10-6-5-7-11(8-10)9-12(14)13(2,3)17(4,15)16/h5-8H,9H2,1-4H3. The van der Waals surface area contributed by atoms with E-state index in [1.807, 2.05) is 31.2 Å². The number of sulfone groups is 1. The molecule has 4 heteroatoms. The first kappa shape index (κ1) is 13.9. The molecule has 0 heterocycles. The Bertz CT molecular complexity index is 527. The number of Topliss-reactive ketones (excluding diaryl/α,β-unsaturated/α-hetero) is 1. The number of aryl methyl sites for hydroxylation is 1. The van der Waals surface area contributed by atoms with Crippen LogP contribution in [0.3, 0.4) is 0 Å². The van der Waals surface area contributed by atoms with Crippen LogP contribution in [-0.4, -0.2) is 25.2 Å². The molecule has 1 aromatic carbocycles. The second kappa shape index (κ2) is 4.61. The molecule has 3 nitrogen and oxygen atoms in total. The average molecular weight is 254 g/mol. The third-order valence-corrected chi connectivity index (χ3v) is 5.13. The van der Waals surface area contributed by atoms with Gasteiger partial charge in [-0.2, -0.15) is 0 Å². The molecule has 94 valence electrons. The lowest BCUT2D eigenvalue weighted by molar-refractivity contribution is -0.120. The Labute approximate surface area is 103 Å². The van der Waals surface area contributed by atoms with E-state index in [2.05, 4.69) is 0 Å². The summed E-state index contributed by atoms with van der Waals surface area (Å²) >= 11 is 0. The van der Waals surface area contributed by atoms with Crippen molar-refractivity contribution < 1.29 is 13.2 Å². The fourth-order valence-electron chi connectivity index (χ4n) is 1.43. The largest absolute Gasteiger partial charge is 0.298 e. The molecule has 0 aliphatic rings. The summed E-state index contributed by atoms with van der Waals surface area (Å²) in [4.78, 5) is 12.0. The lowest BCUT2D eigenvalue weighted by Crippen LogP contribution is -2.40. The molecule has 1 aromatic rings.